The van der Waals surface area contributed by atoms with Crippen molar-refractivity contribution < 1.29 is 8.42 Å². The van der Waals surface area contributed by atoms with E-state index in [1.54, 1.807) is 12.4 Å². The van der Waals surface area contributed by atoms with Crippen molar-refractivity contribution in [3.63, 3.8) is 0 Å². The highest BCUT2D eigenvalue weighted by atomic mass is 79.9. The van der Waals surface area contributed by atoms with Gasteiger partial charge in [0.1, 0.15) is 0 Å². The number of sulfonamides is 1. The normalized spacial score (nSPS) is 11.8. The van der Waals surface area contributed by atoms with Gasteiger partial charge in [0, 0.05) is 30.3 Å². The zero-order valence-electron chi connectivity index (χ0n) is 10.6. The zero-order valence-corrected chi connectivity index (χ0v) is 13.0. The molecule has 1 aromatic rings. The quantitative estimate of drug-likeness (QED) is 0.826. The largest absolute Gasteiger partial charge is 0.383 e. The topological polar surface area (TPSA) is 62.3 Å². The molecule has 0 bridgehead atoms. The maximum atomic E-state index is 11.9. The van der Waals surface area contributed by atoms with Crippen molar-refractivity contribution in [2.75, 3.05) is 30.7 Å². The Morgan fingerprint density at radius 1 is 1.33 bits per heavy atom. The molecule has 0 radical (unpaired) electrons. The molecule has 0 aliphatic carbocycles. The van der Waals surface area contributed by atoms with Gasteiger partial charge in [-0.05, 0) is 22.0 Å². The van der Waals surface area contributed by atoms with Crippen molar-refractivity contribution in [1.82, 2.24) is 9.29 Å². The van der Waals surface area contributed by atoms with Crippen LogP contribution in [-0.2, 0) is 10.0 Å². The standard InChI is InChI=1S/C11H18BrN3O2S/c1-3-15(4-2)18(16,17)6-5-14-11-7-10(12)8-13-9-11/h7-9,14H,3-6H2,1-2H3. The first kappa shape index (κ1) is 15.4. The van der Waals surface area contributed by atoms with Crippen LogP contribution in [0.2, 0.25) is 0 Å². The Labute approximate surface area is 117 Å². The highest BCUT2D eigenvalue weighted by molar-refractivity contribution is 9.10. The first-order chi connectivity index (χ1) is 8.49. The molecule has 102 valence electrons. The van der Waals surface area contributed by atoms with Crippen LogP contribution in [0.5, 0.6) is 0 Å². The lowest BCUT2D eigenvalue weighted by molar-refractivity contribution is 0.446. The molecule has 1 N–H and O–H groups in total. The molecule has 7 heteroatoms. The third-order valence-corrected chi connectivity index (χ3v) is 4.95. The Morgan fingerprint density at radius 2 is 2.00 bits per heavy atom. The van der Waals surface area contributed by atoms with E-state index in [1.165, 1.54) is 4.31 Å². The van der Waals surface area contributed by atoms with Gasteiger partial charge in [-0.15, -0.1) is 0 Å². The molecule has 5 nitrogen and oxygen atoms in total. The number of pyridine rings is 1. The second-order valence-corrected chi connectivity index (χ2v) is 6.72. The molecule has 18 heavy (non-hydrogen) atoms. The fourth-order valence-corrected chi connectivity index (χ4v) is 3.35. The van der Waals surface area contributed by atoms with Crippen LogP contribution in [-0.4, -0.2) is 43.1 Å². The smallest absolute Gasteiger partial charge is 0.215 e. The molecular formula is C11H18BrN3O2S. The van der Waals surface area contributed by atoms with Crippen molar-refractivity contribution >= 4 is 31.6 Å². The van der Waals surface area contributed by atoms with E-state index in [2.05, 4.69) is 26.2 Å². The van der Waals surface area contributed by atoms with E-state index >= 15 is 0 Å². The number of nitrogens with zero attached hydrogens (tertiary/aromatic N) is 2. The minimum absolute atomic E-state index is 0.0845. The van der Waals surface area contributed by atoms with E-state index in [0.29, 0.717) is 19.6 Å². The molecule has 0 amide bonds. The number of nitrogens with one attached hydrogen (secondary N) is 1. The van der Waals surface area contributed by atoms with Gasteiger partial charge >= 0.3 is 0 Å². The van der Waals surface area contributed by atoms with E-state index in [-0.39, 0.29) is 5.75 Å². The summed E-state index contributed by atoms with van der Waals surface area (Å²) >= 11 is 3.31. The maximum Gasteiger partial charge on any atom is 0.215 e. The number of rotatable bonds is 7. The lowest BCUT2D eigenvalue weighted by atomic mass is 10.4. The maximum absolute atomic E-state index is 11.9. The SMILES string of the molecule is CCN(CC)S(=O)(=O)CCNc1cncc(Br)c1. The van der Waals surface area contributed by atoms with Gasteiger partial charge in [-0.25, -0.2) is 12.7 Å². The molecule has 1 aromatic heterocycles. The molecule has 0 aliphatic heterocycles. The lowest BCUT2D eigenvalue weighted by Crippen LogP contribution is -2.34. The summed E-state index contributed by atoms with van der Waals surface area (Å²) in [5, 5.41) is 3.05. The van der Waals surface area contributed by atoms with Crippen molar-refractivity contribution in [2.45, 2.75) is 13.8 Å². The molecule has 1 rings (SSSR count). The summed E-state index contributed by atoms with van der Waals surface area (Å²) in [5.74, 6) is 0.0845. The first-order valence-corrected chi connectivity index (χ1v) is 8.22. The third kappa shape index (κ3) is 4.55. The summed E-state index contributed by atoms with van der Waals surface area (Å²) in [5.41, 5.74) is 0.805. The van der Waals surface area contributed by atoms with Gasteiger partial charge < -0.3 is 5.32 Å². The molecular weight excluding hydrogens is 318 g/mol. The number of hydrogen-bond acceptors (Lipinski definition) is 4. The number of aromatic nitrogens is 1. The predicted octanol–water partition coefficient (Wildman–Crippen LogP) is 1.93. The van der Waals surface area contributed by atoms with E-state index in [1.807, 2.05) is 19.9 Å². The summed E-state index contributed by atoms with van der Waals surface area (Å²) in [6.07, 6.45) is 3.34. The van der Waals surface area contributed by atoms with Crippen molar-refractivity contribution in [3.05, 3.63) is 22.9 Å². The molecule has 0 atom stereocenters. The first-order valence-electron chi connectivity index (χ1n) is 5.81. The average Bonchev–Trinajstić information content (AvgIpc) is 2.30. The van der Waals surface area contributed by atoms with E-state index in [0.717, 1.165) is 10.2 Å². The van der Waals surface area contributed by atoms with Crippen LogP contribution < -0.4 is 5.32 Å². The number of hydrogen-bond donors (Lipinski definition) is 1. The second-order valence-electron chi connectivity index (χ2n) is 3.72. The molecule has 1 heterocycles. The summed E-state index contributed by atoms with van der Waals surface area (Å²) in [7, 11) is -3.16. The monoisotopic (exact) mass is 335 g/mol. The summed E-state index contributed by atoms with van der Waals surface area (Å²) in [6.45, 7) is 5.07. The van der Waals surface area contributed by atoms with Crippen LogP contribution in [0.1, 0.15) is 13.8 Å². The van der Waals surface area contributed by atoms with E-state index < -0.39 is 10.0 Å². The number of anilines is 1. The fraction of sp³-hybridized carbons (Fsp3) is 0.545. The molecule has 0 aromatic carbocycles. The minimum Gasteiger partial charge on any atom is -0.383 e. The van der Waals surface area contributed by atoms with Crippen molar-refractivity contribution in [2.24, 2.45) is 0 Å². The number of halogens is 1. The molecule has 0 fully saturated rings. The zero-order chi connectivity index (χ0) is 13.6. The summed E-state index contributed by atoms with van der Waals surface area (Å²) < 4.78 is 26.1. The van der Waals surface area contributed by atoms with Crippen LogP contribution in [0.3, 0.4) is 0 Å². The Balaban J connectivity index is 2.51. The molecule has 0 unspecified atom stereocenters. The predicted molar refractivity (Wildman–Crippen MR) is 77.1 cm³/mol. The Kier molecular flexibility index (Phi) is 6.04. The highest BCUT2D eigenvalue weighted by Gasteiger charge is 2.17. The fourth-order valence-electron chi connectivity index (χ4n) is 1.58. The van der Waals surface area contributed by atoms with Gasteiger partial charge in [-0.2, -0.15) is 0 Å². The van der Waals surface area contributed by atoms with Crippen LogP contribution in [0.15, 0.2) is 22.9 Å². The highest BCUT2D eigenvalue weighted by Crippen LogP contribution is 2.13. The van der Waals surface area contributed by atoms with E-state index in [9.17, 15) is 8.42 Å². The van der Waals surface area contributed by atoms with Crippen LogP contribution in [0.25, 0.3) is 0 Å². The third-order valence-electron chi connectivity index (χ3n) is 2.49. The van der Waals surface area contributed by atoms with Gasteiger partial charge in [-0.1, -0.05) is 13.8 Å². The Hall–Kier alpha value is -0.660. The van der Waals surface area contributed by atoms with Gasteiger partial charge in [0.05, 0.1) is 17.6 Å². The minimum atomic E-state index is -3.16. The van der Waals surface area contributed by atoms with Crippen molar-refractivity contribution in [1.29, 1.82) is 0 Å². The van der Waals surface area contributed by atoms with Crippen LogP contribution in [0.4, 0.5) is 5.69 Å². The summed E-state index contributed by atoms with van der Waals surface area (Å²) in [4.78, 5) is 4.00. The molecule has 0 saturated carbocycles. The lowest BCUT2D eigenvalue weighted by Gasteiger charge is -2.18. The van der Waals surface area contributed by atoms with Gasteiger partial charge in [-0.3, -0.25) is 4.98 Å². The Bertz CT molecular complexity index is 475. The molecule has 0 spiro atoms. The van der Waals surface area contributed by atoms with Crippen LogP contribution in [0, 0.1) is 0 Å². The summed E-state index contributed by atoms with van der Waals surface area (Å²) in [6, 6.07) is 1.86. The van der Waals surface area contributed by atoms with Crippen LogP contribution >= 0.6 is 15.9 Å². The Morgan fingerprint density at radius 3 is 2.56 bits per heavy atom. The molecule has 0 aliphatic rings. The average molecular weight is 336 g/mol. The van der Waals surface area contributed by atoms with E-state index in [4.69, 9.17) is 0 Å². The van der Waals surface area contributed by atoms with Gasteiger partial charge in [0.25, 0.3) is 0 Å². The van der Waals surface area contributed by atoms with Gasteiger partial charge in [0.2, 0.25) is 10.0 Å². The molecule has 0 saturated heterocycles. The van der Waals surface area contributed by atoms with Gasteiger partial charge in [0.15, 0.2) is 0 Å². The van der Waals surface area contributed by atoms with Crippen molar-refractivity contribution in [3.8, 4) is 0 Å². The second kappa shape index (κ2) is 7.06.